The molecule has 2 heterocycles. The maximum atomic E-state index is 13.8. The first kappa shape index (κ1) is 23.9. The molecule has 0 spiro atoms. The predicted octanol–water partition coefficient (Wildman–Crippen LogP) is 4.46. The SMILES string of the molecule is O=C(Nc1ccc(S(=O)(=O)N2CCCCC2)cc1)c1cnn(-c2ccc(F)cc2)c1C(F)(F)F. The van der Waals surface area contributed by atoms with Gasteiger partial charge < -0.3 is 5.32 Å². The number of hydrogen-bond donors (Lipinski definition) is 1. The van der Waals surface area contributed by atoms with Gasteiger partial charge in [-0.1, -0.05) is 6.42 Å². The van der Waals surface area contributed by atoms with Crippen LogP contribution in [0, 0.1) is 5.82 Å². The van der Waals surface area contributed by atoms with Crippen LogP contribution in [0.3, 0.4) is 0 Å². The van der Waals surface area contributed by atoms with E-state index in [0.717, 1.165) is 49.7 Å². The first-order valence-electron chi connectivity index (χ1n) is 10.4. The summed E-state index contributed by atoms with van der Waals surface area (Å²) in [5.41, 5.74) is -2.01. The maximum absolute atomic E-state index is 13.8. The number of nitrogens with zero attached hydrogens (tertiary/aromatic N) is 3. The van der Waals surface area contributed by atoms with Gasteiger partial charge in [0.25, 0.3) is 5.91 Å². The lowest BCUT2D eigenvalue weighted by molar-refractivity contribution is -0.143. The summed E-state index contributed by atoms with van der Waals surface area (Å²) in [5, 5.41) is 6.01. The monoisotopic (exact) mass is 496 g/mol. The number of amides is 1. The number of aromatic nitrogens is 2. The Morgan fingerprint density at radius 1 is 0.941 bits per heavy atom. The second-order valence-corrected chi connectivity index (χ2v) is 9.67. The molecule has 1 aliphatic heterocycles. The molecule has 0 unspecified atom stereocenters. The highest BCUT2D eigenvalue weighted by molar-refractivity contribution is 7.89. The van der Waals surface area contributed by atoms with E-state index < -0.39 is 39.2 Å². The van der Waals surface area contributed by atoms with E-state index in [-0.39, 0.29) is 16.3 Å². The van der Waals surface area contributed by atoms with E-state index in [2.05, 4.69) is 10.4 Å². The van der Waals surface area contributed by atoms with Crippen LogP contribution in [0.4, 0.5) is 23.2 Å². The molecule has 7 nitrogen and oxygen atoms in total. The van der Waals surface area contributed by atoms with Crippen LogP contribution in [0.5, 0.6) is 0 Å². The van der Waals surface area contributed by atoms with Crippen LogP contribution >= 0.6 is 0 Å². The summed E-state index contributed by atoms with van der Waals surface area (Å²) in [7, 11) is -3.68. The Labute approximate surface area is 193 Å². The molecule has 0 atom stereocenters. The Kier molecular flexibility index (Phi) is 6.45. The number of nitrogens with one attached hydrogen (secondary N) is 1. The van der Waals surface area contributed by atoms with E-state index in [1.165, 1.54) is 28.6 Å². The molecule has 0 bridgehead atoms. The number of halogens is 4. The minimum atomic E-state index is -4.93. The highest BCUT2D eigenvalue weighted by Gasteiger charge is 2.40. The van der Waals surface area contributed by atoms with Crippen LogP contribution in [0.1, 0.15) is 35.3 Å². The minimum absolute atomic E-state index is 0.0347. The van der Waals surface area contributed by atoms with Crippen molar-refractivity contribution in [3.8, 4) is 5.69 Å². The molecule has 12 heteroatoms. The average Bonchev–Trinajstić information content (AvgIpc) is 3.27. The number of piperidine rings is 1. The molecule has 1 aromatic heterocycles. The third-order valence-corrected chi connectivity index (χ3v) is 7.33. The molecular formula is C22H20F4N4O3S. The summed E-state index contributed by atoms with van der Waals surface area (Å²) in [5.74, 6) is -1.71. The van der Waals surface area contributed by atoms with Crippen molar-refractivity contribution in [2.75, 3.05) is 18.4 Å². The summed E-state index contributed by atoms with van der Waals surface area (Å²) in [4.78, 5) is 12.7. The Hall–Kier alpha value is -3.25. The first-order chi connectivity index (χ1) is 16.1. The predicted molar refractivity (Wildman–Crippen MR) is 116 cm³/mol. The van der Waals surface area contributed by atoms with Gasteiger partial charge in [-0.2, -0.15) is 22.6 Å². The third-order valence-electron chi connectivity index (χ3n) is 5.42. The van der Waals surface area contributed by atoms with Crippen LogP contribution in [0.2, 0.25) is 0 Å². The number of anilines is 1. The molecule has 34 heavy (non-hydrogen) atoms. The summed E-state index contributed by atoms with van der Waals surface area (Å²) < 4.78 is 81.9. The van der Waals surface area contributed by atoms with Crippen molar-refractivity contribution >= 4 is 21.6 Å². The molecule has 0 aliphatic carbocycles. The van der Waals surface area contributed by atoms with Gasteiger partial charge in [-0.15, -0.1) is 0 Å². The lowest BCUT2D eigenvalue weighted by atomic mass is 10.2. The van der Waals surface area contributed by atoms with Crippen LogP contribution in [-0.2, 0) is 16.2 Å². The standard InChI is InChI=1S/C22H20F4N4O3S/c23-15-4-8-17(9-5-15)30-20(22(24,25)26)19(14-27-30)21(31)28-16-6-10-18(11-7-16)34(32,33)29-12-2-1-3-13-29/h4-11,14H,1-3,12-13H2,(H,28,31). The molecule has 1 saturated heterocycles. The number of rotatable bonds is 5. The van der Waals surface area contributed by atoms with Crippen molar-refractivity contribution in [1.29, 1.82) is 0 Å². The highest BCUT2D eigenvalue weighted by atomic mass is 32.2. The Bertz CT molecular complexity index is 1280. The van der Waals surface area contributed by atoms with Gasteiger partial charge in [-0.25, -0.2) is 17.5 Å². The summed E-state index contributed by atoms with van der Waals surface area (Å²) in [6.45, 7) is 0.859. The van der Waals surface area contributed by atoms with E-state index in [9.17, 15) is 30.8 Å². The van der Waals surface area contributed by atoms with Crippen LogP contribution in [-0.4, -0.2) is 41.5 Å². The summed E-state index contributed by atoms with van der Waals surface area (Å²) in [6, 6.07) is 9.41. The molecular weight excluding hydrogens is 476 g/mol. The molecule has 1 N–H and O–H groups in total. The number of hydrogen-bond acceptors (Lipinski definition) is 4. The first-order valence-corrected chi connectivity index (χ1v) is 11.8. The molecule has 0 radical (unpaired) electrons. The molecule has 4 rings (SSSR count). The Balaban J connectivity index is 1.58. The summed E-state index contributed by atoms with van der Waals surface area (Å²) in [6.07, 6.45) is -1.63. The minimum Gasteiger partial charge on any atom is -0.322 e. The molecule has 1 amide bonds. The van der Waals surface area contributed by atoms with Crippen molar-refractivity contribution in [2.45, 2.75) is 30.3 Å². The van der Waals surface area contributed by atoms with Gasteiger partial charge in [0.15, 0.2) is 5.69 Å². The maximum Gasteiger partial charge on any atom is 0.434 e. The van der Waals surface area contributed by atoms with Gasteiger partial charge >= 0.3 is 6.18 Å². The van der Waals surface area contributed by atoms with Gasteiger partial charge in [-0.3, -0.25) is 4.79 Å². The van der Waals surface area contributed by atoms with Crippen molar-refractivity contribution in [3.05, 3.63) is 71.8 Å². The number of sulfonamides is 1. The second-order valence-electron chi connectivity index (χ2n) is 7.74. The fourth-order valence-corrected chi connectivity index (χ4v) is 5.25. The van der Waals surface area contributed by atoms with Crippen molar-refractivity contribution in [3.63, 3.8) is 0 Å². The normalized spacial score (nSPS) is 15.3. The lowest BCUT2D eigenvalue weighted by Gasteiger charge is -2.25. The number of carbonyl (C=O) groups is 1. The van der Waals surface area contributed by atoms with Gasteiger partial charge in [0.2, 0.25) is 10.0 Å². The van der Waals surface area contributed by atoms with Crippen LogP contribution in [0.25, 0.3) is 5.69 Å². The molecule has 1 aliphatic rings. The third kappa shape index (κ3) is 4.82. The second kappa shape index (κ2) is 9.18. The zero-order valence-corrected chi connectivity index (χ0v) is 18.5. The molecule has 0 saturated carbocycles. The fourth-order valence-electron chi connectivity index (χ4n) is 3.73. The van der Waals surface area contributed by atoms with E-state index in [1.54, 1.807) is 0 Å². The molecule has 1 fully saturated rings. The van der Waals surface area contributed by atoms with Gasteiger partial charge in [0.05, 0.1) is 22.3 Å². The largest absolute Gasteiger partial charge is 0.434 e. The van der Waals surface area contributed by atoms with Gasteiger partial charge in [-0.05, 0) is 61.4 Å². The number of benzene rings is 2. The van der Waals surface area contributed by atoms with Gasteiger partial charge in [0.1, 0.15) is 5.82 Å². The topological polar surface area (TPSA) is 84.3 Å². The van der Waals surface area contributed by atoms with Crippen molar-refractivity contribution < 1.29 is 30.8 Å². The number of carbonyl (C=O) groups excluding carboxylic acids is 1. The van der Waals surface area contributed by atoms with Crippen LogP contribution in [0.15, 0.2) is 59.6 Å². The Morgan fingerprint density at radius 2 is 1.56 bits per heavy atom. The van der Waals surface area contributed by atoms with Gasteiger partial charge in [0, 0.05) is 18.8 Å². The zero-order chi connectivity index (χ0) is 24.5. The fraction of sp³-hybridized carbons (Fsp3) is 0.273. The van der Waals surface area contributed by atoms with E-state index in [0.29, 0.717) is 17.8 Å². The molecule has 3 aromatic rings. The highest BCUT2D eigenvalue weighted by Crippen LogP contribution is 2.34. The lowest BCUT2D eigenvalue weighted by Crippen LogP contribution is -2.35. The summed E-state index contributed by atoms with van der Waals surface area (Å²) >= 11 is 0. The van der Waals surface area contributed by atoms with E-state index in [1.807, 2.05) is 0 Å². The molecule has 2 aromatic carbocycles. The Morgan fingerprint density at radius 3 is 2.15 bits per heavy atom. The van der Waals surface area contributed by atoms with E-state index >= 15 is 0 Å². The van der Waals surface area contributed by atoms with E-state index in [4.69, 9.17) is 0 Å². The quantitative estimate of drug-likeness (QED) is 0.529. The van der Waals surface area contributed by atoms with Crippen molar-refractivity contribution in [2.24, 2.45) is 0 Å². The number of alkyl halides is 3. The zero-order valence-electron chi connectivity index (χ0n) is 17.7. The smallest absolute Gasteiger partial charge is 0.322 e. The van der Waals surface area contributed by atoms with Crippen molar-refractivity contribution in [1.82, 2.24) is 14.1 Å². The van der Waals surface area contributed by atoms with Crippen LogP contribution < -0.4 is 5.32 Å². The average molecular weight is 496 g/mol. The molecule has 180 valence electrons.